The predicted octanol–water partition coefficient (Wildman–Crippen LogP) is 2.21. The van der Waals surface area contributed by atoms with Crippen molar-refractivity contribution in [2.24, 2.45) is 16.3 Å². The zero-order valence-corrected chi connectivity index (χ0v) is 11.8. The lowest BCUT2D eigenvalue weighted by Crippen LogP contribution is -2.48. The molecule has 0 aliphatic carbocycles. The van der Waals surface area contributed by atoms with E-state index in [9.17, 15) is 9.18 Å². The molecule has 0 unspecified atom stereocenters. The second kappa shape index (κ2) is 5.99. The third kappa shape index (κ3) is 3.42. The van der Waals surface area contributed by atoms with Gasteiger partial charge in [0.05, 0.1) is 0 Å². The Bertz CT molecular complexity index is 554. The number of benzene rings is 1. The first-order valence-electron chi connectivity index (χ1n) is 6.74. The summed E-state index contributed by atoms with van der Waals surface area (Å²) in [5, 5.41) is 14.5. The van der Waals surface area contributed by atoms with Gasteiger partial charge in [-0.05, 0) is 31.0 Å². The van der Waals surface area contributed by atoms with Crippen LogP contribution in [-0.2, 0) is 0 Å². The average molecular weight is 294 g/mol. The summed E-state index contributed by atoms with van der Waals surface area (Å²) >= 11 is 0. The summed E-state index contributed by atoms with van der Waals surface area (Å²) in [4.78, 5) is 13.7. The van der Waals surface area contributed by atoms with Gasteiger partial charge in [-0.15, -0.1) is 0 Å². The summed E-state index contributed by atoms with van der Waals surface area (Å²) in [6.07, 6.45) is 1.22. The first-order valence-corrected chi connectivity index (χ1v) is 6.74. The number of nitrogens with zero attached hydrogens (tertiary/aromatic N) is 2. The van der Waals surface area contributed by atoms with Gasteiger partial charge in [0.1, 0.15) is 11.7 Å². The van der Waals surface area contributed by atoms with E-state index in [1.807, 2.05) is 6.92 Å². The van der Waals surface area contributed by atoms with Crippen LogP contribution < -0.4 is 11.1 Å². The molecule has 0 atom stereocenters. The number of urea groups is 1. The highest BCUT2D eigenvalue weighted by atomic mass is 19.1. The Morgan fingerprint density at radius 1 is 1.48 bits per heavy atom. The van der Waals surface area contributed by atoms with E-state index in [0.717, 1.165) is 0 Å². The van der Waals surface area contributed by atoms with Crippen LogP contribution in [0.15, 0.2) is 29.4 Å². The Morgan fingerprint density at radius 3 is 2.71 bits per heavy atom. The van der Waals surface area contributed by atoms with E-state index in [1.54, 1.807) is 11.0 Å². The average Bonchev–Trinajstić information content (AvgIpc) is 2.47. The molecule has 21 heavy (non-hydrogen) atoms. The number of rotatable bonds is 2. The Morgan fingerprint density at radius 2 is 2.14 bits per heavy atom. The number of likely N-dealkylation sites (tertiary alicyclic amines) is 1. The predicted molar refractivity (Wildman–Crippen MR) is 77.7 cm³/mol. The maximum Gasteiger partial charge on any atom is 0.321 e. The van der Waals surface area contributed by atoms with E-state index in [4.69, 9.17) is 10.9 Å². The van der Waals surface area contributed by atoms with Crippen molar-refractivity contribution in [3.05, 3.63) is 30.1 Å². The van der Waals surface area contributed by atoms with Gasteiger partial charge in [0.2, 0.25) is 0 Å². The summed E-state index contributed by atoms with van der Waals surface area (Å²) in [5.41, 5.74) is 5.71. The van der Waals surface area contributed by atoms with E-state index in [2.05, 4.69) is 10.5 Å². The molecule has 1 aromatic carbocycles. The Kier molecular flexibility index (Phi) is 4.30. The van der Waals surface area contributed by atoms with Gasteiger partial charge in [-0.3, -0.25) is 0 Å². The number of oxime groups is 1. The fourth-order valence-electron chi connectivity index (χ4n) is 2.35. The molecule has 6 nitrogen and oxygen atoms in total. The van der Waals surface area contributed by atoms with Crippen LogP contribution in [0.3, 0.4) is 0 Å². The standard InChI is InChI=1S/C14H19FN4O2/c1-14(12(16)18-21)5-7-19(8-6-14)13(20)17-11-4-2-3-10(15)9-11/h2-4,9,21H,5-8H2,1H3,(H2,16,18)(H,17,20). The van der Waals surface area contributed by atoms with Crippen LogP contribution in [0.1, 0.15) is 19.8 Å². The maximum atomic E-state index is 13.1. The number of piperidine rings is 1. The quantitative estimate of drug-likeness (QED) is 0.338. The second-order valence-corrected chi connectivity index (χ2v) is 5.47. The Labute approximate surface area is 122 Å². The van der Waals surface area contributed by atoms with Crippen LogP contribution in [0, 0.1) is 11.2 Å². The molecule has 0 aromatic heterocycles. The minimum atomic E-state index is -0.398. The largest absolute Gasteiger partial charge is 0.409 e. The molecule has 0 saturated carbocycles. The molecule has 7 heteroatoms. The zero-order chi connectivity index (χ0) is 15.5. The van der Waals surface area contributed by atoms with Crippen LogP contribution >= 0.6 is 0 Å². The Balaban J connectivity index is 1.95. The number of carbonyl (C=O) groups excluding carboxylic acids is 1. The van der Waals surface area contributed by atoms with Crippen molar-refractivity contribution < 1.29 is 14.4 Å². The van der Waals surface area contributed by atoms with Crippen LogP contribution in [0.2, 0.25) is 0 Å². The summed E-state index contributed by atoms with van der Waals surface area (Å²) in [5.74, 6) is -0.210. The van der Waals surface area contributed by atoms with Crippen molar-refractivity contribution in [3.8, 4) is 0 Å². The molecule has 2 rings (SSSR count). The highest BCUT2D eigenvalue weighted by molar-refractivity contribution is 5.90. The number of hydrogen-bond acceptors (Lipinski definition) is 3. The number of carbonyl (C=O) groups is 1. The first kappa shape index (κ1) is 15.1. The fourth-order valence-corrected chi connectivity index (χ4v) is 2.35. The van der Waals surface area contributed by atoms with Crippen LogP contribution in [0.25, 0.3) is 0 Å². The van der Waals surface area contributed by atoms with Crippen molar-refractivity contribution in [1.29, 1.82) is 0 Å². The number of hydrogen-bond donors (Lipinski definition) is 3. The van der Waals surface area contributed by atoms with Crippen LogP contribution in [0.4, 0.5) is 14.9 Å². The Hall–Kier alpha value is -2.31. The number of nitrogens with two attached hydrogens (primary N) is 1. The second-order valence-electron chi connectivity index (χ2n) is 5.47. The summed E-state index contributed by atoms with van der Waals surface area (Å²) in [6, 6.07) is 5.48. The minimum absolute atomic E-state index is 0.188. The molecule has 1 aliphatic rings. The highest BCUT2D eigenvalue weighted by Crippen LogP contribution is 2.31. The molecule has 114 valence electrons. The van der Waals surface area contributed by atoms with Crippen molar-refractivity contribution in [2.45, 2.75) is 19.8 Å². The van der Waals surface area contributed by atoms with E-state index >= 15 is 0 Å². The van der Waals surface area contributed by atoms with Crippen molar-refractivity contribution in [2.75, 3.05) is 18.4 Å². The topological polar surface area (TPSA) is 91.0 Å². The zero-order valence-electron chi connectivity index (χ0n) is 11.8. The molecule has 1 fully saturated rings. The molecule has 2 amide bonds. The SMILES string of the molecule is CC1(/C(N)=N/O)CCN(C(=O)Nc2cccc(F)c2)CC1. The summed E-state index contributed by atoms with van der Waals surface area (Å²) in [7, 11) is 0. The number of anilines is 1. The lowest BCUT2D eigenvalue weighted by Gasteiger charge is -2.38. The van der Waals surface area contributed by atoms with Crippen molar-refractivity contribution in [1.82, 2.24) is 4.90 Å². The number of nitrogens with one attached hydrogen (secondary N) is 1. The third-order valence-electron chi connectivity index (χ3n) is 3.96. The summed E-state index contributed by atoms with van der Waals surface area (Å²) < 4.78 is 13.1. The van der Waals surface area contributed by atoms with Gasteiger partial charge in [-0.2, -0.15) is 0 Å². The van der Waals surface area contributed by atoms with Gasteiger partial charge in [0, 0.05) is 24.2 Å². The first-order chi connectivity index (χ1) is 9.94. The number of amidine groups is 1. The molecule has 1 aliphatic heterocycles. The molecular formula is C14H19FN4O2. The summed E-state index contributed by atoms with van der Waals surface area (Å²) in [6.45, 7) is 2.89. The van der Waals surface area contributed by atoms with E-state index in [-0.39, 0.29) is 11.9 Å². The highest BCUT2D eigenvalue weighted by Gasteiger charge is 2.35. The van der Waals surface area contributed by atoms with Crippen molar-refractivity contribution >= 4 is 17.6 Å². The lowest BCUT2D eigenvalue weighted by molar-refractivity contribution is 0.168. The molecule has 0 radical (unpaired) electrons. The number of amides is 2. The molecule has 0 bridgehead atoms. The van der Waals surface area contributed by atoms with Gasteiger partial charge in [-0.1, -0.05) is 18.1 Å². The number of halogens is 1. The monoisotopic (exact) mass is 294 g/mol. The van der Waals surface area contributed by atoms with Gasteiger partial charge < -0.3 is 21.2 Å². The van der Waals surface area contributed by atoms with Gasteiger partial charge in [-0.25, -0.2) is 9.18 Å². The molecule has 1 saturated heterocycles. The minimum Gasteiger partial charge on any atom is -0.409 e. The lowest BCUT2D eigenvalue weighted by atomic mass is 9.79. The molecule has 0 spiro atoms. The maximum absolute atomic E-state index is 13.1. The van der Waals surface area contributed by atoms with Crippen LogP contribution in [-0.4, -0.2) is 35.1 Å². The van der Waals surface area contributed by atoms with Crippen molar-refractivity contribution in [3.63, 3.8) is 0 Å². The van der Waals surface area contributed by atoms with Gasteiger partial charge in [0.15, 0.2) is 0 Å². The third-order valence-corrected chi connectivity index (χ3v) is 3.96. The normalized spacial score (nSPS) is 18.4. The smallest absolute Gasteiger partial charge is 0.321 e. The molecule has 4 N–H and O–H groups in total. The van der Waals surface area contributed by atoms with E-state index in [1.165, 1.54) is 18.2 Å². The molecular weight excluding hydrogens is 275 g/mol. The van der Waals surface area contributed by atoms with Gasteiger partial charge in [0.25, 0.3) is 0 Å². The fraction of sp³-hybridized carbons (Fsp3) is 0.429. The molecule has 1 heterocycles. The van der Waals surface area contributed by atoms with Crippen LogP contribution in [0.5, 0.6) is 0 Å². The molecule has 1 aromatic rings. The van der Waals surface area contributed by atoms with Gasteiger partial charge >= 0.3 is 6.03 Å². The van der Waals surface area contributed by atoms with E-state index < -0.39 is 11.2 Å². The van der Waals surface area contributed by atoms with E-state index in [0.29, 0.717) is 31.6 Å².